The van der Waals surface area contributed by atoms with Gasteiger partial charge in [-0.2, -0.15) is 0 Å². The molecule has 0 atom stereocenters. The number of furan rings is 1. The topological polar surface area (TPSA) is 58.5 Å². The Balaban J connectivity index is 1.75. The normalized spacial score (nSPS) is 11.8. The lowest BCUT2D eigenvalue weighted by Crippen LogP contribution is -2.29. The zero-order valence-corrected chi connectivity index (χ0v) is 15.4. The standard InChI is InChI=1S/C24H16BNO3/c27-25(28)15-9-11-16(12-10-15)26-20-7-3-1-6-19(20)23-21(26)14-13-18-17-5-2-4-8-22(17)29-24(18)23/h1-14,27-28H. The molecular weight excluding hydrogens is 361 g/mol. The summed E-state index contributed by atoms with van der Waals surface area (Å²) in [6, 6.07) is 27.9. The van der Waals surface area contributed by atoms with Crippen molar-refractivity contribution in [3.05, 3.63) is 84.9 Å². The Bertz CT molecular complexity index is 1530. The number of nitrogens with zero attached hydrogens (tertiary/aromatic N) is 1. The van der Waals surface area contributed by atoms with E-state index in [9.17, 15) is 10.0 Å². The van der Waals surface area contributed by atoms with Crippen molar-refractivity contribution in [2.45, 2.75) is 0 Å². The molecule has 4 aromatic carbocycles. The van der Waals surface area contributed by atoms with Gasteiger partial charge >= 0.3 is 7.12 Å². The average Bonchev–Trinajstić information content (AvgIpc) is 3.29. The number of benzene rings is 4. The molecule has 2 heterocycles. The van der Waals surface area contributed by atoms with Gasteiger partial charge in [0.25, 0.3) is 0 Å². The molecule has 0 aliphatic rings. The summed E-state index contributed by atoms with van der Waals surface area (Å²) in [6.45, 7) is 0. The largest absolute Gasteiger partial charge is 0.488 e. The van der Waals surface area contributed by atoms with Gasteiger partial charge in [-0.25, -0.2) is 0 Å². The van der Waals surface area contributed by atoms with Crippen LogP contribution in [0, 0.1) is 0 Å². The first-order valence-corrected chi connectivity index (χ1v) is 9.52. The predicted molar refractivity (Wildman–Crippen MR) is 118 cm³/mol. The van der Waals surface area contributed by atoms with Crippen molar-refractivity contribution in [1.29, 1.82) is 0 Å². The molecule has 0 radical (unpaired) electrons. The molecule has 5 heteroatoms. The SMILES string of the molecule is OB(O)c1ccc(-n2c3ccccc3c3c4oc5ccccc5c4ccc32)cc1. The maximum Gasteiger partial charge on any atom is 0.488 e. The lowest BCUT2D eigenvalue weighted by atomic mass is 9.80. The summed E-state index contributed by atoms with van der Waals surface area (Å²) in [5.41, 5.74) is 5.32. The average molecular weight is 377 g/mol. The van der Waals surface area contributed by atoms with E-state index >= 15 is 0 Å². The Morgan fingerprint density at radius 3 is 2.17 bits per heavy atom. The number of para-hydroxylation sites is 2. The molecule has 0 aliphatic heterocycles. The van der Waals surface area contributed by atoms with Crippen molar-refractivity contribution in [2.75, 3.05) is 0 Å². The van der Waals surface area contributed by atoms with E-state index in [0.717, 1.165) is 49.4 Å². The van der Waals surface area contributed by atoms with Gasteiger partial charge in [-0.1, -0.05) is 48.5 Å². The van der Waals surface area contributed by atoms with E-state index in [2.05, 4.69) is 34.9 Å². The highest BCUT2D eigenvalue weighted by molar-refractivity contribution is 6.58. The second-order valence-electron chi connectivity index (χ2n) is 7.25. The maximum absolute atomic E-state index is 9.41. The molecule has 2 aromatic heterocycles. The summed E-state index contributed by atoms with van der Waals surface area (Å²) >= 11 is 0. The van der Waals surface area contributed by atoms with Gasteiger partial charge in [-0.3, -0.25) is 0 Å². The minimum atomic E-state index is -1.47. The lowest BCUT2D eigenvalue weighted by molar-refractivity contribution is 0.426. The number of fused-ring (bicyclic) bond motifs is 7. The first kappa shape index (κ1) is 16.4. The molecule has 6 aromatic rings. The second kappa shape index (κ2) is 5.98. The Labute approximate surface area is 166 Å². The van der Waals surface area contributed by atoms with E-state index in [-0.39, 0.29) is 0 Å². The van der Waals surface area contributed by atoms with Crippen molar-refractivity contribution < 1.29 is 14.5 Å². The molecule has 0 spiro atoms. The van der Waals surface area contributed by atoms with E-state index in [1.54, 1.807) is 12.1 Å². The monoisotopic (exact) mass is 377 g/mol. The van der Waals surface area contributed by atoms with Crippen LogP contribution in [-0.2, 0) is 0 Å². The Morgan fingerprint density at radius 1 is 0.655 bits per heavy atom. The molecule has 29 heavy (non-hydrogen) atoms. The maximum atomic E-state index is 9.41. The van der Waals surface area contributed by atoms with Crippen LogP contribution in [0.2, 0.25) is 0 Å². The predicted octanol–water partition coefficient (Wildman–Crippen LogP) is 4.36. The molecule has 0 amide bonds. The lowest BCUT2D eigenvalue weighted by Gasteiger charge is -2.09. The number of aromatic nitrogens is 1. The van der Waals surface area contributed by atoms with Gasteiger partial charge in [0.1, 0.15) is 11.2 Å². The molecule has 0 fully saturated rings. The molecule has 0 aliphatic carbocycles. The van der Waals surface area contributed by atoms with E-state index < -0.39 is 7.12 Å². The summed E-state index contributed by atoms with van der Waals surface area (Å²) in [5, 5.41) is 23.3. The number of hydrogen-bond donors (Lipinski definition) is 2. The second-order valence-corrected chi connectivity index (χ2v) is 7.25. The fraction of sp³-hybridized carbons (Fsp3) is 0. The first-order chi connectivity index (χ1) is 14.2. The van der Waals surface area contributed by atoms with Gasteiger partial charge in [0.15, 0.2) is 0 Å². The van der Waals surface area contributed by atoms with E-state index in [4.69, 9.17) is 4.42 Å². The third-order valence-electron chi connectivity index (χ3n) is 5.63. The highest BCUT2D eigenvalue weighted by Crippen LogP contribution is 2.40. The third-order valence-corrected chi connectivity index (χ3v) is 5.63. The van der Waals surface area contributed by atoms with Crippen LogP contribution in [-0.4, -0.2) is 21.7 Å². The van der Waals surface area contributed by atoms with Crippen molar-refractivity contribution in [1.82, 2.24) is 4.57 Å². The van der Waals surface area contributed by atoms with Gasteiger partial charge in [0.2, 0.25) is 0 Å². The summed E-state index contributed by atoms with van der Waals surface area (Å²) in [4.78, 5) is 0. The molecule has 0 bridgehead atoms. The minimum absolute atomic E-state index is 0.467. The molecule has 6 rings (SSSR count). The smallest absolute Gasteiger partial charge is 0.455 e. The minimum Gasteiger partial charge on any atom is -0.455 e. The van der Waals surface area contributed by atoms with Gasteiger partial charge in [-0.05, 0) is 41.9 Å². The van der Waals surface area contributed by atoms with Crippen LogP contribution in [0.1, 0.15) is 0 Å². The zero-order chi connectivity index (χ0) is 19.5. The van der Waals surface area contributed by atoms with Crippen LogP contribution in [0.25, 0.3) is 49.4 Å². The summed E-state index contributed by atoms with van der Waals surface area (Å²) in [6.07, 6.45) is 0. The van der Waals surface area contributed by atoms with Crippen molar-refractivity contribution >= 4 is 56.3 Å². The molecular formula is C24H16BNO3. The van der Waals surface area contributed by atoms with Crippen molar-refractivity contribution in [3.8, 4) is 5.69 Å². The molecule has 138 valence electrons. The summed E-state index contributed by atoms with van der Waals surface area (Å²) in [7, 11) is -1.47. The Kier molecular flexibility index (Phi) is 3.39. The molecule has 2 N–H and O–H groups in total. The van der Waals surface area contributed by atoms with Gasteiger partial charge < -0.3 is 19.0 Å². The fourth-order valence-corrected chi connectivity index (χ4v) is 4.31. The summed E-state index contributed by atoms with van der Waals surface area (Å²) in [5.74, 6) is 0. The van der Waals surface area contributed by atoms with E-state index in [1.165, 1.54) is 0 Å². The van der Waals surface area contributed by atoms with Crippen LogP contribution >= 0.6 is 0 Å². The van der Waals surface area contributed by atoms with Crippen molar-refractivity contribution in [2.24, 2.45) is 0 Å². The third kappa shape index (κ3) is 2.29. The number of rotatable bonds is 2. The van der Waals surface area contributed by atoms with E-state index in [0.29, 0.717) is 5.46 Å². The van der Waals surface area contributed by atoms with Crippen LogP contribution < -0.4 is 5.46 Å². The summed E-state index contributed by atoms with van der Waals surface area (Å²) < 4.78 is 8.48. The molecule has 0 unspecified atom stereocenters. The highest BCUT2D eigenvalue weighted by atomic mass is 16.4. The fourth-order valence-electron chi connectivity index (χ4n) is 4.31. The Hall–Kier alpha value is -3.54. The molecule has 0 saturated carbocycles. The van der Waals surface area contributed by atoms with Gasteiger partial charge in [0, 0.05) is 21.8 Å². The van der Waals surface area contributed by atoms with Gasteiger partial charge in [-0.15, -0.1) is 0 Å². The molecule has 0 saturated heterocycles. The van der Waals surface area contributed by atoms with Gasteiger partial charge in [0.05, 0.1) is 16.4 Å². The first-order valence-electron chi connectivity index (χ1n) is 9.52. The highest BCUT2D eigenvalue weighted by Gasteiger charge is 2.18. The van der Waals surface area contributed by atoms with Crippen LogP contribution in [0.15, 0.2) is 89.3 Å². The van der Waals surface area contributed by atoms with Crippen LogP contribution in [0.5, 0.6) is 0 Å². The zero-order valence-electron chi connectivity index (χ0n) is 15.4. The van der Waals surface area contributed by atoms with Crippen molar-refractivity contribution in [3.63, 3.8) is 0 Å². The van der Waals surface area contributed by atoms with Crippen LogP contribution in [0.3, 0.4) is 0 Å². The quantitative estimate of drug-likeness (QED) is 0.441. The Morgan fingerprint density at radius 2 is 1.38 bits per heavy atom. The van der Waals surface area contributed by atoms with Crippen LogP contribution in [0.4, 0.5) is 0 Å². The van der Waals surface area contributed by atoms with E-state index in [1.807, 2.05) is 42.5 Å². The molecule has 4 nitrogen and oxygen atoms in total. The number of hydrogen-bond acceptors (Lipinski definition) is 3.